The Kier molecular flexibility index (Phi) is 3.93. The first kappa shape index (κ1) is 15.5. The third-order valence-corrected chi connectivity index (χ3v) is 4.54. The molecule has 0 bridgehead atoms. The van der Waals surface area contributed by atoms with Crippen LogP contribution in [0.2, 0.25) is 0 Å². The molecule has 1 rings (SSSR count). The predicted octanol–water partition coefficient (Wildman–Crippen LogP) is 1.10. The van der Waals surface area contributed by atoms with Crippen LogP contribution in [-0.4, -0.2) is 34.1 Å². The zero-order valence-electron chi connectivity index (χ0n) is 11.7. The topological polar surface area (TPSA) is 104 Å². The lowest BCUT2D eigenvalue weighted by Crippen LogP contribution is -2.42. The van der Waals surface area contributed by atoms with Crippen molar-refractivity contribution in [3.8, 4) is 0 Å². The van der Waals surface area contributed by atoms with Gasteiger partial charge in [0.25, 0.3) is 0 Å². The molecule has 0 heterocycles. The zero-order valence-corrected chi connectivity index (χ0v) is 11.7. The van der Waals surface area contributed by atoms with Crippen LogP contribution in [0.4, 0.5) is 0 Å². The summed E-state index contributed by atoms with van der Waals surface area (Å²) in [6.45, 7) is 7.85. The van der Waals surface area contributed by atoms with Crippen LogP contribution in [0.3, 0.4) is 0 Å². The maximum absolute atomic E-state index is 12.1. The molecule has 0 aliphatic heterocycles. The number of hydrogen-bond acceptors (Lipinski definition) is 3. The van der Waals surface area contributed by atoms with Gasteiger partial charge in [-0.15, -0.1) is 0 Å². The van der Waals surface area contributed by atoms with E-state index in [0.29, 0.717) is 0 Å². The summed E-state index contributed by atoms with van der Waals surface area (Å²) in [6.07, 6.45) is -0.390. The molecule has 19 heavy (non-hydrogen) atoms. The van der Waals surface area contributed by atoms with Gasteiger partial charge in [-0.2, -0.15) is 0 Å². The first-order valence-corrected chi connectivity index (χ1v) is 6.26. The minimum atomic E-state index is -1.20. The van der Waals surface area contributed by atoms with E-state index in [-0.39, 0.29) is 35.5 Å². The van der Waals surface area contributed by atoms with E-state index >= 15 is 0 Å². The maximum atomic E-state index is 12.1. The molecule has 0 aromatic rings. The first-order valence-electron chi connectivity index (χ1n) is 6.26. The Balaban J connectivity index is 2.64. The molecule has 6 nitrogen and oxygen atoms in total. The molecule has 0 radical (unpaired) electrons. The molecular weight excluding hydrogens is 250 g/mol. The van der Waals surface area contributed by atoms with Crippen molar-refractivity contribution < 1.29 is 24.6 Å². The Morgan fingerprint density at radius 2 is 1.58 bits per heavy atom. The number of carboxylic acids is 2. The summed E-state index contributed by atoms with van der Waals surface area (Å²) < 4.78 is 0. The second-order valence-electron chi connectivity index (χ2n) is 6.21. The van der Waals surface area contributed by atoms with Crippen LogP contribution in [0.15, 0.2) is 0 Å². The molecule has 0 aromatic carbocycles. The van der Waals surface area contributed by atoms with Crippen LogP contribution in [0, 0.1) is 16.7 Å². The highest BCUT2D eigenvalue weighted by atomic mass is 16.4. The minimum absolute atomic E-state index is 0.107. The fourth-order valence-electron chi connectivity index (χ4n) is 2.63. The summed E-state index contributed by atoms with van der Waals surface area (Å²) in [5.74, 6) is -2.84. The van der Waals surface area contributed by atoms with Crippen LogP contribution in [-0.2, 0) is 14.4 Å². The number of nitrogens with one attached hydrogen (secondary N) is 1. The van der Waals surface area contributed by atoms with Crippen LogP contribution < -0.4 is 5.32 Å². The fraction of sp³-hybridized carbons (Fsp3) is 0.769. The van der Waals surface area contributed by atoms with Crippen LogP contribution in [0.5, 0.6) is 0 Å². The Bertz CT molecular complexity index is 399. The molecule has 1 aliphatic rings. The highest BCUT2D eigenvalue weighted by Gasteiger charge is 2.68. The molecule has 1 saturated carbocycles. The second-order valence-corrected chi connectivity index (χ2v) is 6.21. The first-order chi connectivity index (χ1) is 8.51. The van der Waals surface area contributed by atoms with Gasteiger partial charge in [0.2, 0.25) is 5.91 Å². The molecule has 0 spiro atoms. The van der Waals surface area contributed by atoms with Crippen molar-refractivity contribution >= 4 is 17.8 Å². The summed E-state index contributed by atoms with van der Waals surface area (Å²) >= 11 is 0. The van der Waals surface area contributed by atoms with E-state index in [9.17, 15) is 14.4 Å². The Morgan fingerprint density at radius 1 is 1.11 bits per heavy atom. The highest BCUT2D eigenvalue weighted by molar-refractivity contribution is 5.88. The number of carbonyl (C=O) groups excluding carboxylic acids is 1. The van der Waals surface area contributed by atoms with E-state index in [1.54, 1.807) is 0 Å². The van der Waals surface area contributed by atoms with Crippen molar-refractivity contribution in [1.29, 1.82) is 0 Å². The van der Waals surface area contributed by atoms with E-state index in [1.165, 1.54) is 0 Å². The molecule has 1 unspecified atom stereocenters. The number of carboxylic acid groups (broad SMARTS) is 2. The molecule has 1 atom stereocenters. The normalized spacial score (nSPS) is 21.5. The standard InChI is InChI=1S/C13H21NO5/c1-12(2)9(13(12,3)4)10(17)14-7(11(18)19)5-6-8(15)16/h7,9H,5-6H2,1-4H3,(H,14,17)(H,15,16)(H,18,19). The van der Waals surface area contributed by atoms with E-state index < -0.39 is 18.0 Å². The predicted molar refractivity (Wildman–Crippen MR) is 67.5 cm³/mol. The quantitative estimate of drug-likeness (QED) is 0.671. The lowest BCUT2D eigenvalue weighted by molar-refractivity contribution is -0.143. The number of rotatable bonds is 6. The second kappa shape index (κ2) is 4.83. The van der Waals surface area contributed by atoms with Crippen molar-refractivity contribution in [2.45, 2.75) is 46.6 Å². The van der Waals surface area contributed by atoms with Gasteiger partial charge >= 0.3 is 11.9 Å². The van der Waals surface area contributed by atoms with Crippen LogP contribution in [0.1, 0.15) is 40.5 Å². The van der Waals surface area contributed by atoms with Crippen molar-refractivity contribution in [3.05, 3.63) is 0 Å². The van der Waals surface area contributed by atoms with Gasteiger partial charge in [0.1, 0.15) is 6.04 Å². The van der Waals surface area contributed by atoms with Gasteiger partial charge in [-0.25, -0.2) is 4.79 Å². The van der Waals surface area contributed by atoms with Gasteiger partial charge in [-0.1, -0.05) is 27.7 Å². The number of hydrogen-bond donors (Lipinski definition) is 3. The van der Waals surface area contributed by atoms with Gasteiger partial charge < -0.3 is 15.5 Å². The summed E-state index contributed by atoms with van der Waals surface area (Å²) in [5.41, 5.74) is -0.347. The van der Waals surface area contributed by atoms with Crippen molar-refractivity contribution in [3.63, 3.8) is 0 Å². The van der Waals surface area contributed by atoms with Crippen molar-refractivity contribution in [2.24, 2.45) is 16.7 Å². The number of amides is 1. The third kappa shape index (κ3) is 2.88. The number of carbonyl (C=O) groups is 3. The molecule has 108 valence electrons. The Hall–Kier alpha value is -1.59. The molecule has 0 saturated heterocycles. The molecule has 1 aliphatic carbocycles. The summed E-state index contributed by atoms with van der Waals surface area (Å²) in [6, 6.07) is -1.14. The Labute approximate surface area is 112 Å². The largest absolute Gasteiger partial charge is 0.481 e. The van der Waals surface area contributed by atoms with Gasteiger partial charge in [0.05, 0.1) is 0 Å². The average molecular weight is 271 g/mol. The summed E-state index contributed by atoms with van der Waals surface area (Å²) in [4.78, 5) is 33.5. The van der Waals surface area contributed by atoms with Crippen LogP contribution in [0.25, 0.3) is 0 Å². The van der Waals surface area contributed by atoms with Crippen LogP contribution >= 0.6 is 0 Å². The van der Waals surface area contributed by atoms with E-state index in [2.05, 4.69) is 5.32 Å². The summed E-state index contributed by atoms with van der Waals surface area (Å²) in [7, 11) is 0. The van der Waals surface area contributed by atoms with Gasteiger partial charge in [-0.05, 0) is 17.3 Å². The molecule has 1 fully saturated rings. The monoisotopic (exact) mass is 271 g/mol. The SMILES string of the molecule is CC1(C)C(C(=O)NC(CCC(=O)O)C(=O)O)C1(C)C. The lowest BCUT2D eigenvalue weighted by atomic mass is 10.0. The average Bonchev–Trinajstić information content (AvgIpc) is 2.63. The molecule has 1 amide bonds. The zero-order chi connectivity index (χ0) is 15.0. The molecule has 3 N–H and O–H groups in total. The highest BCUT2D eigenvalue weighted by Crippen LogP contribution is 2.68. The van der Waals surface area contributed by atoms with Crippen molar-refractivity contribution in [2.75, 3.05) is 0 Å². The number of aliphatic carboxylic acids is 2. The Morgan fingerprint density at radius 3 is 1.89 bits per heavy atom. The smallest absolute Gasteiger partial charge is 0.326 e. The van der Waals surface area contributed by atoms with Gasteiger partial charge in [-0.3, -0.25) is 9.59 Å². The van der Waals surface area contributed by atoms with E-state index in [1.807, 2.05) is 27.7 Å². The molecular formula is C13H21NO5. The van der Waals surface area contributed by atoms with Gasteiger partial charge in [0, 0.05) is 12.3 Å². The van der Waals surface area contributed by atoms with Gasteiger partial charge in [0.15, 0.2) is 0 Å². The van der Waals surface area contributed by atoms with E-state index in [0.717, 1.165) is 0 Å². The fourth-order valence-corrected chi connectivity index (χ4v) is 2.63. The van der Waals surface area contributed by atoms with Crippen molar-refractivity contribution in [1.82, 2.24) is 5.32 Å². The third-order valence-electron chi connectivity index (χ3n) is 4.54. The molecule has 0 aromatic heterocycles. The summed E-state index contributed by atoms with van der Waals surface area (Å²) in [5, 5.41) is 20.0. The minimum Gasteiger partial charge on any atom is -0.481 e. The van der Waals surface area contributed by atoms with E-state index in [4.69, 9.17) is 10.2 Å². The molecule has 6 heteroatoms. The maximum Gasteiger partial charge on any atom is 0.326 e. The lowest BCUT2D eigenvalue weighted by Gasteiger charge is -2.14.